The van der Waals surface area contributed by atoms with E-state index in [1.807, 2.05) is 6.07 Å². The highest BCUT2D eigenvalue weighted by atomic mass is 79.9. The lowest BCUT2D eigenvalue weighted by Crippen LogP contribution is -2.30. The van der Waals surface area contributed by atoms with Crippen molar-refractivity contribution in [3.8, 4) is 0 Å². The normalized spacial score (nSPS) is 11.6. The maximum atomic E-state index is 10.8. The van der Waals surface area contributed by atoms with Crippen LogP contribution in [0.3, 0.4) is 0 Å². The van der Waals surface area contributed by atoms with Gasteiger partial charge in [0.25, 0.3) is 5.69 Å². The maximum absolute atomic E-state index is 10.8. The van der Waals surface area contributed by atoms with Gasteiger partial charge in [-0.2, -0.15) is 0 Å². The van der Waals surface area contributed by atoms with E-state index in [4.69, 9.17) is 5.11 Å². The number of nitro groups is 1. The summed E-state index contributed by atoms with van der Waals surface area (Å²) in [5, 5.41) is 23.0. The predicted molar refractivity (Wildman–Crippen MR) is 78.0 cm³/mol. The number of nitro benzene ring substituents is 1. The Morgan fingerprint density at radius 1 is 1.47 bits per heavy atom. The van der Waals surface area contributed by atoms with E-state index < -0.39 is 4.92 Å². The van der Waals surface area contributed by atoms with Gasteiger partial charge in [0.05, 0.1) is 9.40 Å². The molecule has 0 aromatic heterocycles. The molecule has 0 bridgehead atoms. The van der Waals surface area contributed by atoms with Crippen molar-refractivity contribution in [1.29, 1.82) is 0 Å². The average Bonchev–Trinajstić information content (AvgIpc) is 2.30. The summed E-state index contributed by atoms with van der Waals surface area (Å²) in [5.41, 5.74) is 0.935. The molecule has 0 fully saturated rings. The van der Waals surface area contributed by atoms with E-state index >= 15 is 0 Å². The molecule has 0 radical (unpaired) electrons. The molecule has 0 heterocycles. The molecule has 0 aliphatic rings. The Hall–Kier alpha value is -0.980. The molecule has 5 nitrogen and oxygen atoms in total. The first-order chi connectivity index (χ1) is 8.87. The second-order valence-corrected chi connectivity index (χ2v) is 6.04. The van der Waals surface area contributed by atoms with E-state index in [0.717, 1.165) is 18.5 Å². The summed E-state index contributed by atoms with van der Waals surface area (Å²) in [7, 11) is 0. The van der Waals surface area contributed by atoms with E-state index in [1.54, 1.807) is 6.07 Å². The van der Waals surface area contributed by atoms with Crippen molar-refractivity contribution in [2.45, 2.75) is 26.8 Å². The van der Waals surface area contributed by atoms with Crippen LogP contribution in [0.1, 0.15) is 25.8 Å². The largest absolute Gasteiger partial charge is 0.396 e. The highest BCUT2D eigenvalue weighted by Crippen LogP contribution is 2.28. The molecular weight excluding hydrogens is 312 g/mol. The summed E-state index contributed by atoms with van der Waals surface area (Å²) in [6.45, 7) is 5.59. The molecule has 0 saturated carbocycles. The van der Waals surface area contributed by atoms with Gasteiger partial charge in [0, 0.05) is 25.8 Å². The van der Waals surface area contributed by atoms with Crippen molar-refractivity contribution in [3.63, 3.8) is 0 Å². The van der Waals surface area contributed by atoms with Crippen LogP contribution in [-0.2, 0) is 6.54 Å². The van der Waals surface area contributed by atoms with Crippen LogP contribution in [0, 0.1) is 15.5 Å². The van der Waals surface area contributed by atoms with E-state index in [0.29, 0.717) is 11.0 Å². The molecule has 1 aromatic carbocycles. The Kier molecular flexibility index (Phi) is 5.90. The Morgan fingerprint density at radius 3 is 2.74 bits per heavy atom. The fourth-order valence-corrected chi connectivity index (χ4v) is 2.32. The highest BCUT2D eigenvalue weighted by molar-refractivity contribution is 9.10. The molecule has 0 spiro atoms. The predicted octanol–water partition coefficient (Wildman–Crippen LogP) is 2.86. The summed E-state index contributed by atoms with van der Waals surface area (Å²) in [6, 6.07) is 5.01. The molecule has 1 aromatic rings. The van der Waals surface area contributed by atoms with Gasteiger partial charge in [0.15, 0.2) is 0 Å². The molecule has 0 aliphatic heterocycles. The van der Waals surface area contributed by atoms with Crippen molar-refractivity contribution in [2.75, 3.05) is 13.2 Å². The van der Waals surface area contributed by atoms with Gasteiger partial charge in [-0.1, -0.05) is 26.0 Å². The number of hydrogen-bond donors (Lipinski definition) is 2. The van der Waals surface area contributed by atoms with Crippen LogP contribution < -0.4 is 5.32 Å². The lowest BCUT2D eigenvalue weighted by atomic mass is 9.90. The van der Waals surface area contributed by atoms with Crippen LogP contribution >= 0.6 is 15.9 Å². The minimum atomic E-state index is -0.400. The third-order valence-electron chi connectivity index (χ3n) is 2.96. The molecule has 0 saturated heterocycles. The van der Waals surface area contributed by atoms with Crippen molar-refractivity contribution in [3.05, 3.63) is 38.3 Å². The quantitative estimate of drug-likeness (QED) is 0.595. The van der Waals surface area contributed by atoms with Gasteiger partial charge in [-0.25, -0.2) is 0 Å². The summed E-state index contributed by atoms with van der Waals surface area (Å²) in [4.78, 5) is 10.4. The third kappa shape index (κ3) is 4.89. The molecule has 1 rings (SSSR count). The Labute approximate surface area is 121 Å². The van der Waals surface area contributed by atoms with Crippen LogP contribution in [0.25, 0.3) is 0 Å². The SMILES string of the molecule is CC(C)(CCO)CNCc1cccc([N+](=O)[O-])c1Br. The first-order valence-electron chi connectivity index (χ1n) is 6.11. The molecular formula is C13H19BrN2O3. The monoisotopic (exact) mass is 330 g/mol. The van der Waals surface area contributed by atoms with Gasteiger partial charge in [-0.15, -0.1) is 0 Å². The average molecular weight is 331 g/mol. The standard InChI is InChI=1S/C13H19BrN2O3/c1-13(2,6-7-17)9-15-8-10-4-3-5-11(12(10)14)16(18)19/h3-5,15,17H,6-9H2,1-2H3. The van der Waals surface area contributed by atoms with Crippen LogP contribution in [-0.4, -0.2) is 23.2 Å². The second kappa shape index (κ2) is 6.98. The summed E-state index contributed by atoms with van der Waals surface area (Å²) < 4.78 is 0.521. The minimum absolute atomic E-state index is 0.00192. The number of nitrogens with zero attached hydrogens (tertiary/aromatic N) is 1. The molecule has 19 heavy (non-hydrogen) atoms. The fourth-order valence-electron chi connectivity index (χ4n) is 1.77. The minimum Gasteiger partial charge on any atom is -0.396 e. The number of nitrogens with one attached hydrogen (secondary N) is 1. The van der Waals surface area contributed by atoms with E-state index in [1.165, 1.54) is 6.07 Å². The van der Waals surface area contributed by atoms with Crippen molar-refractivity contribution >= 4 is 21.6 Å². The zero-order valence-corrected chi connectivity index (χ0v) is 12.7. The molecule has 0 amide bonds. The van der Waals surface area contributed by atoms with Crippen molar-refractivity contribution in [2.24, 2.45) is 5.41 Å². The smallest absolute Gasteiger partial charge is 0.283 e. The van der Waals surface area contributed by atoms with Gasteiger partial charge in [-0.05, 0) is 33.3 Å². The number of aliphatic hydroxyl groups excluding tert-OH is 1. The molecule has 6 heteroatoms. The van der Waals surface area contributed by atoms with Crippen LogP contribution in [0.15, 0.2) is 22.7 Å². The first-order valence-corrected chi connectivity index (χ1v) is 6.90. The van der Waals surface area contributed by atoms with Crippen molar-refractivity contribution in [1.82, 2.24) is 5.32 Å². The molecule has 0 unspecified atom stereocenters. The number of benzene rings is 1. The first kappa shape index (κ1) is 16.1. The lowest BCUT2D eigenvalue weighted by molar-refractivity contribution is -0.385. The van der Waals surface area contributed by atoms with Crippen LogP contribution in [0.4, 0.5) is 5.69 Å². The topological polar surface area (TPSA) is 75.4 Å². The van der Waals surface area contributed by atoms with E-state index in [2.05, 4.69) is 35.1 Å². The van der Waals surface area contributed by atoms with Crippen LogP contribution in [0.5, 0.6) is 0 Å². The summed E-state index contributed by atoms with van der Waals surface area (Å²) in [5.74, 6) is 0. The molecule has 0 atom stereocenters. The lowest BCUT2D eigenvalue weighted by Gasteiger charge is -2.24. The number of rotatable bonds is 7. The molecule has 106 valence electrons. The zero-order valence-electron chi connectivity index (χ0n) is 11.1. The van der Waals surface area contributed by atoms with Crippen LogP contribution in [0.2, 0.25) is 0 Å². The van der Waals surface area contributed by atoms with E-state index in [-0.39, 0.29) is 17.7 Å². The molecule has 0 aliphatic carbocycles. The number of halogens is 1. The van der Waals surface area contributed by atoms with Gasteiger partial charge >= 0.3 is 0 Å². The third-order valence-corrected chi connectivity index (χ3v) is 3.88. The maximum Gasteiger partial charge on any atom is 0.283 e. The Morgan fingerprint density at radius 2 is 2.16 bits per heavy atom. The Balaban J connectivity index is 2.64. The van der Waals surface area contributed by atoms with Gasteiger partial charge in [0.1, 0.15) is 0 Å². The van der Waals surface area contributed by atoms with Crippen molar-refractivity contribution < 1.29 is 10.0 Å². The van der Waals surface area contributed by atoms with Gasteiger partial charge in [0.2, 0.25) is 0 Å². The number of aliphatic hydroxyl groups is 1. The zero-order chi connectivity index (χ0) is 14.5. The Bertz CT molecular complexity index is 450. The summed E-state index contributed by atoms with van der Waals surface area (Å²) >= 11 is 3.27. The highest BCUT2D eigenvalue weighted by Gasteiger charge is 2.18. The van der Waals surface area contributed by atoms with Gasteiger partial charge < -0.3 is 10.4 Å². The fraction of sp³-hybridized carbons (Fsp3) is 0.538. The summed E-state index contributed by atoms with van der Waals surface area (Å²) in [6.07, 6.45) is 0.718. The van der Waals surface area contributed by atoms with E-state index in [9.17, 15) is 10.1 Å². The van der Waals surface area contributed by atoms with Gasteiger partial charge in [-0.3, -0.25) is 10.1 Å². The number of hydrogen-bond acceptors (Lipinski definition) is 4. The molecule has 2 N–H and O–H groups in total. The second-order valence-electron chi connectivity index (χ2n) is 5.25.